The Labute approximate surface area is 102 Å². The molecule has 2 heterocycles. The maximum Gasteiger partial charge on any atom is 0.321 e. The van der Waals surface area contributed by atoms with Crippen molar-refractivity contribution >= 4 is 17.7 Å². The van der Waals surface area contributed by atoms with Gasteiger partial charge in [-0.3, -0.25) is 0 Å². The normalized spacial score (nSPS) is 10.0. The van der Waals surface area contributed by atoms with Crippen LogP contribution in [0.2, 0.25) is 0 Å². The fraction of sp³-hybridized carbons (Fsp3) is 0.222. The number of rotatable bonds is 4. The van der Waals surface area contributed by atoms with Crippen molar-refractivity contribution in [1.29, 1.82) is 0 Å². The second-order valence-corrected chi connectivity index (χ2v) is 3.82. The molecular formula is C9H10N6OS. The molecule has 2 aromatic rings. The monoisotopic (exact) mass is 250 g/mol. The number of hydrogen-bond donors (Lipinski definition) is 1. The van der Waals surface area contributed by atoms with Gasteiger partial charge in [0.1, 0.15) is 11.4 Å². The van der Waals surface area contributed by atoms with Crippen LogP contribution in [0.3, 0.4) is 0 Å². The fourth-order valence-corrected chi connectivity index (χ4v) is 1.69. The summed E-state index contributed by atoms with van der Waals surface area (Å²) in [7, 11) is 3.24. The number of aromatic nitrogens is 5. The van der Waals surface area contributed by atoms with Crippen LogP contribution in [-0.2, 0) is 0 Å². The summed E-state index contributed by atoms with van der Waals surface area (Å²) in [5.41, 5.74) is 0. The van der Waals surface area contributed by atoms with Crippen LogP contribution in [0.5, 0.6) is 6.01 Å². The Morgan fingerprint density at radius 2 is 2.18 bits per heavy atom. The highest BCUT2D eigenvalue weighted by atomic mass is 32.2. The predicted molar refractivity (Wildman–Crippen MR) is 62.1 cm³/mol. The van der Waals surface area contributed by atoms with Crippen LogP contribution in [0.1, 0.15) is 0 Å². The Balaban J connectivity index is 2.26. The third-order valence-corrected chi connectivity index (χ3v) is 2.57. The lowest BCUT2D eigenvalue weighted by atomic mass is 10.7. The van der Waals surface area contributed by atoms with Crippen molar-refractivity contribution in [2.45, 2.75) is 10.2 Å². The van der Waals surface area contributed by atoms with Gasteiger partial charge in [-0.1, -0.05) is 0 Å². The second kappa shape index (κ2) is 5.39. The first-order valence-corrected chi connectivity index (χ1v) is 5.55. The summed E-state index contributed by atoms with van der Waals surface area (Å²) in [4.78, 5) is 20.2. The van der Waals surface area contributed by atoms with E-state index >= 15 is 0 Å². The Hall–Kier alpha value is -1.96. The molecule has 0 aromatic carbocycles. The third kappa shape index (κ3) is 3.00. The molecule has 0 atom stereocenters. The molecule has 0 saturated carbocycles. The summed E-state index contributed by atoms with van der Waals surface area (Å²) < 4.78 is 4.99. The SMILES string of the molecule is CNc1nc(OC)nc(Sc2ccncn2)n1. The average Bonchev–Trinajstić information content (AvgIpc) is 2.39. The first kappa shape index (κ1) is 11.5. The van der Waals surface area contributed by atoms with Gasteiger partial charge in [0.2, 0.25) is 11.1 Å². The summed E-state index contributed by atoms with van der Waals surface area (Å²) in [5, 5.41) is 4.11. The Bertz CT molecular complexity index is 472. The van der Waals surface area contributed by atoms with Crippen LogP contribution < -0.4 is 10.1 Å². The lowest BCUT2D eigenvalue weighted by Crippen LogP contribution is -2.02. The molecule has 0 aliphatic heterocycles. The van der Waals surface area contributed by atoms with E-state index in [4.69, 9.17) is 4.74 Å². The topological polar surface area (TPSA) is 85.7 Å². The quantitative estimate of drug-likeness (QED) is 0.800. The highest BCUT2D eigenvalue weighted by molar-refractivity contribution is 7.99. The van der Waals surface area contributed by atoms with Gasteiger partial charge in [0.15, 0.2) is 0 Å². The van der Waals surface area contributed by atoms with E-state index in [-0.39, 0.29) is 6.01 Å². The number of methoxy groups -OCH3 is 1. The number of anilines is 1. The fourth-order valence-electron chi connectivity index (χ4n) is 1.02. The molecule has 2 aromatic heterocycles. The minimum absolute atomic E-state index is 0.265. The van der Waals surface area contributed by atoms with Gasteiger partial charge >= 0.3 is 6.01 Å². The lowest BCUT2D eigenvalue weighted by Gasteiger charge is -2.04. The van der Waals surface area contributed by atoms with E-state index in [1.165, 1.54) is 25.2 Å². The van der Waals surface area contributed by atoms with Crippen LogP contribution in [0.15, 0.2) is 28.8 Å². The molecular weight excluding hydrogens is 240 g/mol. The van der Waals surface area contributed by atoms with Crippen molar-refractivity contribution in [2.24, 2.45) is 0 Å². The van der Waals surface area contributed by atoms with E-state index in [0.29, 0.717) is 11.1 Å². The van der Waals surface area contributed by atoms with Crippen LogP contribution >= 0.6 is 11.8 Å². The molecule has 0 spiro atoms. The van der Waals surface area contributed by atoms with Gasteiger partial charge in [-0.15, -0.1) is 0 Å². The van der Waals surface area contributed by atoms with E-state index in [0.717, 1.165) is 5.03 Å². The van der Waals surface area contributed by atoms with Crippen LogP contribution in [-0.4, -0.2) is 39.1 Å². The van der Waals surface area contributed by atoms with Crippen molar-refractivity contribution in [1.82, 2.24) is 24.9 Å². The van der Waals surface area contributed by atoms with E-state index in [1.54, 1.807) is 19.3 Å². The largest absolute Gasteiger partial charge is 0.467 e. The molecule has 2 rings (SSSR count). The molecule has 0 bridgehead atoms. The second-order valence-electron chi connectivity index (χ2n) is 2.83. The standard InChI is InChI=1S/C9H10N6OS/c1-10-7-13-8(16-2)15-9(14-7)17-6-3-4-11-5-12-6/h3-5H,1-2H3,(H,10,13,14,15). The number of nitrogens with one attached hydrogen (secondary N) is 1. The third-order valence-electron chi connectivity index (χ3n) is 1.75. The van der Waals surface area contributed by atoms with Crippen molar-refractivity contribution < 1.29 is 4.74 Å². The van der Waals surface area contributed by atoms with Crippen molar-refractivity contribution in [3.05, 3.63) is 18.6 Å². The maximum atomic E-state index is 4.99. The summed E-state index contributed by atoms with van der Waals surface area (Å²) in [6, 6.07) is 2.04. The molecule has 17 heavy (non-hydrogen) atoms. The first-order chi connectivity index (χ1) is 8.31. The van der Waals surface area contributed by atoms with Gasteiger partial charge in [0, 0.05) is 13.2 Å². The van der Waals surface area contributed by atoms with Gasteiger partial charge < -0.3 is 10.1 Å². The van der Waals surface area contributed by atoms with E-state index in [2.05, 4.69) is 30.2 Å². The van der Waals surface area contributed by atoms with E-state index in [1.807, 2.05) is 0 Å². The molecule has 0 saturated heterocycles. The lowest BCUT2D eigenvalue weighted by molar-refractivity contribution is 0.374. The Morgan fingerprint density at radius 3 is 2.82 bits per heavy atom. The molecule has 0 amide bonds. The summed E-state index contributed by atoms with van der Waals surface area (Å²) in [6.45, 7) is 0. The highest BCUT2D eigenvalue weighted by Crippen LogP contribution is 2.23. The molecule has 8 heteroatoms. The zero-order chi connectivity index (χ0) is 12.1. The summed E-state index contributed by atoms with van der Waals surface area (Å²) >= 11 is 1.31. The average molecular weight is 250 g/mol. The molecule has 0 aliphatic carbocycles. The number of nitrogens with zero attached hydrogens (tertiary/aromatic N) is 5. The minimum atomic E-state index is 0.265. The Kier molecular flexibility index (Phi) is 3.66. The van der Waals surface area contributed by atoms with Gasteiger partial charge in [0.25, 0.3) is 0 Å². The van der Waals surface area contributed by atoms with Crippen molar-refractivity contribution in [3.63, 3.8) is 0 Å². The van der Waals surface area contributed by atoms with Crippen LogP contribution in [0, 0.1) is 0 Å². The van der Waals surface area contributed by atoms with E-state index < -0.39 is 0 Å². The molecule has 0 aliphatic rings. The van der Waals surface area contributed by atoms with Crippen molar-refractivity contribution in [2.75, 3.05) is 19.5 Å². The van der Waals surface area contributed by atoms with Crippen molar-refractivity contribution in [3.8, 4) is 6.01 Å². The minimum Gasteiger partial charge on any atom is -0.467 e. The Morgan fingerprint density at radius 1 is 1.29 bits per heavy atom. The first-order valence-electron chi connectivity index (χ1n) is 4.73. The van der Waals surface area contributed by atoms with Gasteiger partial charge in [-0.05, 0) is 17.8 Å². The van der Waals surface area contributed by atoms with E-state index in [9.17, 15) is 0 Å². The zero-order valence-electron chi connectivity index (χ0n) is 9.28. The smallest absolute Gasteiger partial charge is 0.321 e. The highest BCUT2D eigenvalue weighted by Gasteiger charge is 2.07. The number of hydrogen-bond acceptors (Lipinski definition) is 8. The maximum absolute atomic E-state index is 4.99. The summed E-state index contributed by atoms with van der Waals surface area (Å²) in [6.07, 6.45) is 3.13. The summed E-state index contributed by atoms with van der Waals surface area (Å²) in [5.74, 6) is 0.452. The van der Waals surface area contributed by atoms with Crippen LogP contribution in [0.25, 0.3) is 0 Å². The molecule has 7 nitrogen and oxygen atoms in total. The molecule has 0 radical (unpaired) electrons. The van der Waals surface area contributed by atoms with Gasteiger partial charge in [0.05, 0.1) is 7.11 Å². The van der Waals surface area contributed by atoms with Gasteiger partial charge in [-0.25, -0.2) is 9.97 Å². The zero-order valence-corrected chi connectivity index (χ0v) is 10.1. The van der Waals surface area contributed by atoms with Gasteiger partial charge in [-0.2, -0.15) is 15.0 Å². The molecule has 1 N–H and O–H groups in total. The molecule has 0 unspecified atom stereocenters. The van der Waals surface area contributed by atoms with Crippen LogP contribution in [0.4, 0.5) is 5.95 Å². The molecule has 0 fully saturated rings. The molecule has 88 valence electrons. The predicted octanol–water partition coefficient (Wildman–Crippen LogP) is 0.863. The number of ether oxygens (including phenoxy) is 1.